The van der Waals surface area contributed by atoms with Crippen molar-refractivity contribution in [2.24, 2.45) is 0 Å². The van der Waals surface area contributed by atoms with E-state index in [1.54, 1.807) is 7.11 Å². The van der Waals surface area contributed by atoms with Gasteiger partial charge in [0.2, 0.25) is 0 Å². The number of cyclic esters (lactones) is 1. The minimum Gasteiger partial charge on any atom is -0.497 e. The number of furan rings is 1. The highest BCUT2D eigenvalue weighted by Gasteiger charge is 2.31. The highest BCUT2D eigenvalue weighted by molar-refractivity contribution is 9.10. The average molecular weight is 517 g/mol. The Kier molecular flexibility index (Phi) is 7.57. The molecule has 2 fully saturated rings. The fourth-order valence-corrected chi connectivity index (χ4v) is 4.69. The van der Waals surface area contributed by atoms with Crippen molar-refractivity contribution in [1.29, 1.82) is 0 Å². The number of fused-ring (bicyclic) bond motifs is 1. The molecule has 8 heteroatoms. The number of aliphatic hydroxyl groups excluding tert-OH is 1. The first-order chi connectivity index (χ1) is 16.0. The van der Waals surface area contributed by atoms with Gasteiger partial charge in [0, 0.05) is 17.0 Å². The number of benzene rings is 2. The van der Waals surface area contributed by atoms with Crippen LogP contribution in [-0.4, -0.2) is 50.7 Å². The van der Waals surface area contributed by atoms with Gasteiger partial charge in [-0.1, -0.05) is 12.1 Å². The molecular formula is C25H29BrN2O5. The Morgan fingerprint density at radius 2 is 2.00 bits per heavy atom. The summed E-state index contributed by atoms with van der Waals surface area (Å²) < 4.78 is 17.2. The molecule has 0 spiro atoms. The molecule has 2 saturated heterocycles. The maximum Gasteiger partial charge on any atom is 0.414 e. The molecule has 7 nitrogen and oxygen atoms in total. The van der Waals surface area contributed by atoms with Crippen molar-refractivity contribution in [3.63, 3.8) is 0 Å². The third kappa shape index (κ3) is 5.51. The molecule has 2 aromatic carbocycles. The lowest BCUT2D eigenvalue weighted by molar-refractivity contribution is 0.0963. The van der Waals surface area contributed by atoms with Crippen molar-refractivity contribution in [3.8, 4) is 5.75 Å². The molecule has 2 N–H and O–H groups in total. The second-order valence-corrected chi connectivity index (χ2v) is 9.19. The summed E-state index contributed by atoms with van der Waals surface area (Å²) in [5.41, 5.74) is 2.83. The number of hydrogen-bond donors (Lipinski definition) is 2. The Hall–Kier alpha value is -2.55. The van der Waals surface area contributed by atoms with Crippen LogP contribution in [0.15, 0.2) is 51.4 Å². The van der Waals surface area contributed by atoms with Gasteiger partial charge in [0.15, 0.2) is 0 Å². The third-order valence-electron chi connectivity index (χ3n) is 5.93. The third-order valence-corrected chi connectivity index (χ3v) is 6.52. The Bertz CT molecular complexity index is 1110. The number of ether oxygens (including phenoxy) is 2. The molecule has 176 valence electrons. The summed E-state index contributed by atoms with van der Waals surface area (Å²) in [5, 5.41) is 13.4. The normalized spacial score (nSPS) is 18.7. The van der Waals surface area contributed by atoms with Gasteiger partial charge in [-0.05, 0) is 84.7 Å². The highest BCUT2D eigenvalue weighted by Crippen LogP contribution is 2.36. The second kappa shape index (κ2) is 10.6. The zero-order valence-corrected chi connectivity index (χ0v) is 20.4. The molecule has 2 aliphatic heterocycles. The van der Waals surface area contributed by atoms with E-state index >= 15 is 0 Å². The molecule has 1 unspecified atom stereocenters. The van der Waals surface area contributed by atoms with Crippen molar-refractivity contribution < 1.29 is 23.8 Å². The minimum absolute atomic E-state index is 0.131. The number of aliphatic hydroxyl groups is 1. The van der Waals surface area contributed by atoms with Crippen molar-refractivity contribution >= 4 is 38.7 Å². The number of piperidine rings is 1. The first-order valence-electron chi connectivity index (χ1n) is 11.1. The molecule has 0 radical (unpaired) electrons. The van der Waals surface area contributed by atoms with E-state index in [2.05, 4.69) is 27.3 Å². The number of carbonyl (C=O) groups excluding carboxylic acids is 1. The van der Waals surface area contributed by atoms with E-state index in [1.807, 2.05) is 43.3 Å². The summed E-state index contributed by atoms with van der Waals surface area (Å²) in [6.45, 7) is 4.40. The van der Waals surface area contributed by atoms with E-state index < -0.39 is 6.10 Å². The molecule has 1 amide bonds. The fraction of sp³-hybridized carbons (Fsp3) is 0.400. The first kappa shape index (κ1) is 23.6. The van der Waals surface area contributed by atoms with Crippen LogP contribution in [0.3, 0.4) is 0 Å². The van der Waals surface area contributed by atoms with E-state index in [4.69, 9.17) is 19.0 Å². The van der Waals surface area contributed by atoms with Crippen molar-refractivity contribution in [1.82, 2.24) is 5.32 Å². The molecule has 0 bridgehead atoms. The Morgan fingerprint density at radius 3 is 2.67 bits per heavy atom. The number of hydrogen-bond acceptors (Lipinski definition) is 6. The number of nitrogens with one attached hydrogen (secondary N) is 1. The topological polar surface area (TPSA) is 84.2 Å². The number of carbonyl (C=O) groups is 1. The smallest absolute Gasteiger partial charge is 0.414 e. The average Bonchev–Trinajstić information content (AvgIpc) is 3.44. The van der Waals surface area contributed by atoms with Gasteiger partial charge in [-0.3, -0.25) is 4.90 Å². The molecule has 1 aromatic heterocycles. The van der Waals surface area contributed by atoms with E-state index in [-0.39, 0.29) is 12.7 Å². The molecule has 5 rings (SSSR count). The number of aryl methyl sites for hydroxylation is 1. The lowest BCUT2D eigenvalue weighted by Gasteiger charge is -2.20. The molecule has 1 atom stereocenters. The first-order valence-corrected chi connectivity index (χ1v) is 11.9. The monoisotopic (exact) mass is 516 g/mol. The van der Waals surface area contributed by atoms with Crippen LogP contribution in [0.2, 0.25) is 0 Å². The zero-order chi connectivity index (χ0) is 23.4. The molecule has 3 heterocycles. The van der Waals surface area contributed by atoms with Crippen LogP contribution in [0.25, 0.3) is 11.0 Å². The van der Waals surface area contributed by atoms with Crippen molar-refractivity contribution in [3.05, 3.63) is 58.3 Å². The van der Waals surface area contributed by atoms with Gasteiger partial charge in [0.05, 0.1) is 24.7 Å². The van der Waals surface area contributed by atoms with Crippen LogP contribution in [-0.2, 0) is 4.74 Å². The Labute approximate surface area is 201 Å². The lowest BCUT2D eigenvalue weighted by Crippen LogP contribution is -2.26. The maximum absolute atomic E-state index is 11.4. The van der Waals surface area contributed by atoms with E-state index in [0.29, 0.717) is 12.5 Å². The minimum atomic E-state index is -0.405. The molecular weight excluding hydrogens is 488 g/mol. The molecule has 3 aromatic rings. The number of anilines is 1. The summed E-state index contributed by atoms with van der Waals surface area (Å²) in [5.74, 6) is 2.49. The molecule has 33 heavy (non-hydrogen) atoms. The largest absolute Gasteiger partial charge is 0.497 e. The number of methoxy groups -OCH3 is 1. The van der Waals surface area contributed by atoms with Crippen LogP contribution in [0.1, 0.15) is 30.1 Å². The summed E-state index contributed by atoms with van der Waals surface area (Å²) in [6, 6.07) is 13.7. The lowest BCUT2D eigenvalue weighted by atomic mass is 9.95. The Morgan fingerprint density at radius 1 is 1.21 bits per heavy atom. The van der Waals surface area contributed by atoms with Crippen LogP contribution in [0.5, 0.6) is 5.75 Å². The van der Waals surface area contributed by atoms with Crippen LogP contribution >= 0.6 is 15.9 Å². The number of halogens is 1. The van der Waals surface area contributed by atoms with Gasteiger partial charge in [-0.25, -0.2) is 4.79 Å². The summed E-state index contributed by atoms with van der Waals surface area (Å²) in [7, 11) is 1.68. The Balaban J connectivity index is 0.000000160. The predicted octanol–water partition coefficient (Wildman–Crippen LogP) is 4.98. The van der Waals surface area contributed by atoms with Crippen molar-refractivity contribution in [2.45, 2.75) is 31.8 Å². The van der Waals surface area contributed by atoms with Crippen LogP contribution in [0, 0.1) is 6.92 Å². The van der Waals surface area contributed by atoms with E-state index in [0.717, 1.165) is 64.1 Å². The summed E-state index contributed by atoms with van der Waals surface area (Å²) in [4.78, 5) is 13.0. The van der Waals surface area contributed by atoms with E-state index in [1.165, 1.54) is 4.90 Å². The number of amides is 1. The van der Waals surface area contributed by atoms with Crippen molar-refractivity contribution in [2.75, 3.05) is 38.3 Å². The predicted molar refractivity (Wildman–Crippen MR) is 131 cm³/mol. The van der Waals surface area contributed by atoms with E-state index in [9.17, 15) is 4.79 Å². The quantitative estimate of drug-likeness (QED) is 0.508. The van der Waals surface area contributed by atoms with Gasteiger partial charge >= 0.3 is 6.09 Å². The maximum atomic E-state index is 11.4. The van der Waals surface area contributed by atoms with Gasteiger partial charge in [-0.2, -0.15) is 0 Å². The fourth-order valence-electron chi connectivity index (χ4n) is 4.15. The molecule has 2 aliphatic rings. The summed E-state index contributed by atoms with van der Waals surface area (Å²) in [6.07, 6.45) is 1.50. The SMILES string of the molecule is COc1cc(Br)c2oc(C3CCNCC3)cc2c1.Cc1cccc(N2CC(CO)OC2=O)c1. The number of rotatable bonds is 4. The van der Waals surface area contributed by atoms with Crippen LogP contribution in [0.4, 0.5) is 10.5 Å². The van der Waals surface area contributed by atoms with Gasteiger partial charge < -0.3 is 24.3 Å². The van der Waals surface area contributed by atoms with Gasteiger partial charge in [-0.15, -0.1) is 0 Å². The van der Waals surface area contributed by atoms with Gasteiger partial charge in [0.25, 0.3) is 0 Å². The number of nitrogens with zero attached hydrogens (tertiary/aromatic N) is 1. The molecule has 0 saturated carbocycles. The van der Waals surface area contributed by atoms with Gasteiger partial charge in [0.1, 0.15) is 23.2 Å². The highest BCUT2D eigenvalue weighted by atomic mass is 79.9. The summed E-state index contributed by atoms with van der Waals surface area (Å²) >= 11 is 3.54. The standard InChI is InChI=1S/C14H16BrNO2.C11H13NO3/c1-17-11-6-10-7-13(9-2-4-16-5-3-9)18-14(10)12(15)8-11;1-8-3-2-4-9(5-8)12-6-10(7-13)15-11(12)14/h6-9,16H,2-5H2,1H3;2-5,10,13H,6-7H2,1H3. The molecule has 0 aliphatic carbocycles. The second-order valence-electron chi connectivity index (χ2n) is 8.34. The van der Waals surface area contributed by atoms with Crippen LogP contribution < -0.4 is 15.0 Å². The zero-order valence-electron chi connectivity index (χ0n) is 18.8.